The van der Waals surface area contributed by atoms with Crippen LogP contribution in [0.5, 0.6) is 0 Å². The highest BCUT2D eigenvalue weighted by atomic mass is 16.3. The fraction of sp³-hybridized carbons (Fsp3) is 0.286. The lowest BCUT2D eigenvalue weighted by molar-refractivity contribution is 0.221. The van der Waals surface area contributed by atoms with Gasteiger partial charge in [-0.2, -0.15) is 0 Å². The summed E-state index contributed by atoms with van der Waals surface area (Å²) < 4.78 is 0. The third-order valence-electron chi connectivity index (χ3n) is 3.36. The van der Waals surface area contributed by atoms with Crippen molar-refractivity contribution in [2.24, 2.45) is 0 Å². The van der Waals surface area contributed by atoms with E-state index < -0.39 is 0 Å². The summed E-state index contributed by atoms with van der Waals surface area (Å²) in [7, 11) is 0. The van der Waals surface area contributed by atoms with E-state index >= 15 is 0 Å². The van der Waals surface area contributed by atoms with E-state index in [1.54, 1.807) is 0 Å². The third kappa shape index (κ3) is 1.30. The number of benzene rings is 2. The predicted octanol–water partition coefficient (Wildman–Crippen LogP) is 2.56. The Balaban J connectivity index is 2.28. The van der Waals surface area contributed by atoms with Gasteiger partial charge >= 0.3 is 0 Å². The first-order valence-electron chi connectivity index (χ1n) is 5.61. The van der Waals surface area contributed by atoms with Gasteiger partial charge in [-0.3, -0.25) is 0 Å². The summed E-state index contributed by atoms with van der Waals surface area (Å²) >= 11 is 0. The second kappa shape index (κ2) is 3.22. The lowest BCUT2D eigenvalue weighted by atomic mass is 9.86. The predicted molar refractivity (Wildman–Crippen MR) is 66.8 cm³/mol. The number of hydrogen-bond donors (Lipinski definition) is 2. The van der Waals surface area contributed by atoms with Crippen LogP contribution >= 0.6 is 0 Å². The Bertz CT molecular complexity index is 507. The van der Waals surface area contributed by atoms with Crippen LogP contribution in [0.15, 0.2) is 36.4 Å². The second-order valence-electron chi connectivity index (χ2n) is 4.84. The summed E-state index contributed by atoms with van der Waals surface area (Å²) in [5.74, 6) is 0. The maximum Gasteiger partial charge on any atom is 0.0662 e. The highest BCUT2D eigenvalue weighted by Crippen LogP contribution is 2.35. The Morgan fingerprint density at radius 1 is 1.25 bits per heavy atom. The summed E-state index contributed by atoms with van der Waals surface area (Å²) in [5, 5.41) is 15.5. The molecular weight excluding hydrogens is 198 g/mol. The number of hydrogen-bond acceptors (Lipinski definition) is 2. The zero-order valence-corrected chi connectivity index (χ0v) is 9.33. The van der Waals surface area contributed by atoms with Crippen molar-refractivity contribution in [3.8, 4) is 0 Å². The Morgan fingerprint density at radius 3 is 2.75 bits per heavy atom. The van der Waals surface area contributed by atoms with E-state index in [2.05, 4.69) is 48.6 Å². The van der Waals surface area contributed by atoms with E-state index in [9.17, 15) is 5.11 Å². The van der Waals surface area contributed by atoms with E-state index in [0.717, 1.165) is 12.1 Å². The van der Waals surface area contributed by atoms with Crippen molar-refractivity contribution in [1.29, 1.82) is 0 Å². The smallest absolute Gasteiger partial charge is 0.0662 e. The molecule has 0 spiro atoms. The molecule has 0 saturated heterocycles. The summed E-state index contributed by atoms with van der Waals surface area (Å²) in [4.78, 5) is 0. The molecule has 2 aromatic carbocycles. The number of nitrogens with one attached hydrogen (secondary N) is 1. The van der Waals surface area contributed by atoms with Crippen molar-refractivity contribution in [3.05, 3.63) is 42.0 Å². The van der Waals surface area contributed by atoms with Crippen LogP contribution in [0, 0.1) is 0 Å². The van der Waals surface area contributed by atoms with Crippen LogP contribution in [0.1, 0.15) is 12.5 Å². The average Bonchev–Trinajstić information content (AvgIpc) is 2.29. The van der Waals surface area contributed by atoms with Crippen LogP contribution in [0.2, 0.25) is 0 Å². The van der Waals surface area contributed by atoms with Crippen LogP contribution in [0.25, 0.3) is 10.8 Å². The molecule has 1 unspecified atom stereocenters. The summed E-state index contributed by atoms with van der Waals surface area (Å²) in [6, 6.07) is 12.6. The van der Waals surface area contributed by atoms with E-state index in [4.69, 9.17) is 0 Å². The molecule has 1 heterocycles. The molecule has 0 saturated carbocycles. The van der Waals surface area contributed by atoms with Crippen LogP contribution < -0.4 is 5.32 Å². The van der Waals surface area contributed by atoms with Crippen LogP contribution in [0.3, 0.4) is 0 Å². The molecule has 1 atom stereocenters. The topological polar surface area (TPSA) is 32.3 Å². The zero-order chi connectivity index (χ0) is 11.2. The first-order valence-corrected chi connectivity index (χ1v) is 5.61. The van der Waals surface area contributed by atoms with Crippen molar-refractivity contribution >= 4 is 16.5 Å². The lowest BCUT2D eigenvalue weighted by Gasteiger charge is -2.35. The molecule has 1 aliphatic heterocycles. The molecule has 0 bridgehead atoms. The van der Waals surface area contributed by atoms with Crippen molar-refractivity contribution < 1.29 is 5.11 Å². The maximum absolute atomic E-state index is 9.47. The first-order chi connectivity index (χ1) is 7.72. The van der Waals surface area contributed by atoms with Gasteiger partial charge in [0.2, 0.25) is 0 Å². The summed E-state index contributed by atoms with van der Waals surface area (Å²) in [6.45, 7) is 2.21. The van der Waals surface area contributed by atoms with Gasteiger partial charge in [-0.15, -0.1) is 0 Å². The highest BCUT2D eigenvalue weighted by molar-refractivity contribution is 5.98. The number of rotatable bonds is 1. The van der Waals surface area contributed by atoms with Gasteiger partial charge in [0, 0.05) is 11.1 Å². The largest absolute Gasteiger partial charge is 0.394 e. The van der Waals surface area contributed by atoms with Gasteiger partial charge in [-0.05, 0) is 30.4 Å². The zero-order valence-electron chi connectivity index (χ0n) is 9.33. The molecule has 2 heteroatoms. The summed E-state index contributed by atoms with van der Waals surface area (Å²) in [5.41, 5.74) is 2.22. The van der Waals surface area contributed by atoms with Gasteiger partial charge in [-0.25, -0.2) is 0 Å². The van der Waals surface area contributed by atoms with E-state index in [0.29, 0.717) is 0 Å². The quantitative estimate of drug-likeness (QED) is 0.763. The number of anilines is 1. The minimum absolute atomic E-state index is 0.151. The molecule has 2 N–H and O–H groups in total. The Morgan fingerprint density at radius 2 is 2.00 bits per heavy atom. The molecule has 16 heavy (non-hydrogen) atoms. The van der Waals surface area contributed by atoms with Gasteiger partial charge in [0.1, 0.15) is 0 Å². The lowest BCUT2D eigenvalue weighted by Crippen LogP contribution is -2.43. The minimum Gasteiger partial charge on any atom is -0.394 e. The molecule has 2 nitrogen and oxygen atoms in total. The molecule has 3 rings (SSSR count). The number of aliphatic hydroxyl groups is 1. The van der Waals surface area contributed by atoms with Crippen molar-refractivity contribution in [2.45, 2.75) is 18.9 Å². The first kappa shape index (κ1) is 9.67. The molecule has 82 valence electrons. The van der Waals surface area contributed by atoms with E-state index in [-0.39, 0.29) is 12.1 Å². The molecule has 0 aromatic heterocycles. The van der Waals surface area contributed by atoms with Gasteiger partial charge in [0.05, 0.1) is 12.1 Å². The fourth-order valence-corrected chi connectivity index (χ4v) is 2.56. The van der Waals surface area contributed by atoms with Gasteiger partial charge in [-0.1, -0.05) is 30.3 Å². The molecule has 0 radical (unpaired) electrons. The minimum atomic E-state index is -0.233. The molecular formula is C14H15NO. The van der Waals surface area contributed by atoms with E-state index in [1.165, 1.54) is 16.3 Å². The van der Waals surface area contributed by atoms with Crippen molar-refractivity contribution in [2.75, 3.05) is 11.9 Å². The van der Waals surface area contributed by atoms with E-state index in [1.807, 2.05) is 0 Å². The standard InChI is InChI=1S/C14H15NO/c1-14(9-16)8-11-6-2-4-10-5-3-7-12(15-14)13(10)11/h2-7,15-16H,8-9H2,1H3. The fourth-order valence-electron chi connectivity index (χ4n) is 2.56. The molecule has 2 aromatic rings. The van der Waals surface area contributed by atoms with Crippen LogP contribution in [0.4, 0.5) is 5.69 Å². The van der Waals surface area contributed by atoms with Crippen molar-refractivity contribution in [3.63, 3.8) is 0 Å². The summed E-state index contributed by atoms with van der Waals surface area (Å²) in [6.07, 6.45) is 0.873. The third-order valence-corrected chi connectivity index (χ3v) is 3.36. The average molecular weight is 213 g/mol. The maximum atomic E-state index is 9.47. The highest BCUT2D eigenvalue weighted by Gasteiger charge is 2.29. The Hall–Kier alpha value is -1.54. The Kier molecular flexibility index (Phi) is 1.95. The van der Waals surface area contributed by atoms with Gasteiger partial charge in [0.15, 0.2) is 0 Å². The Labute approximate surface area is 94.9 Å². The van der Waals surface area contributed by atoms with Gasteiger partial charge < -0.3 is 10.4 Å². The van der Waals surface area contributed by atoms with Crippen LogP contribution in [-0.2, 0) is 6.42 Å². The van der Waals surface area contributed by atoms with Crippen molar-refractivity contribution in [1.82, 2.24) is 0 Å². The van der Waals surface area contributed by atoms with Gasteiger partial charge in [0.25, 0.3) is 0 Å². The van der Waals surface area contributed by atoms with Crippen LogP contribution in [-0.4, -0.2) is 17.3 Å². The number of aliphatic hydroxyl groups excluding tert-OH is 1. The second-order valence-corrected chi connectivity index (χ2v) is 4.84. The molecule has 0 amide bonds. The monoisotopic (exact) mass is 213 g/mol. The normalized spacial score (nSPS) is 23.1. The SMILES string of the molecule is CC1(CO)Cc2cccc3cccc(c23)N1. The molecule has 0 aliphatic carbocycles. The molecule has 1 aliphatic rings. The molecule has 0 fully saturated rings.